The number of nitrogens with zero attached hydrogens (tertiary/aromatic N) is 1. The Morgan fingerprint density at radius 2 is 2.10 bits per heavy atom. The zero-order valence-corrected chi connectivity index (χ0v) is 10.7. The molecule has 0 fully saturated rings. The lowest BCUT2D eigenvalue weighted by molar-refractivity contribution is -0.119. The van der Waals surface area contributed by atoms with Crippen LogP contribution in [0.4, 0.5) is 5.69 Å². The molecule has 1 amide bonds. The van der Waals surface area contributed by atoms with Crippen molar-refractivity contribution >= 4 is 17.6 Å². The zero-order chi connectivity index (χ0) is 14.1. The van der Waals surface area contributed by atoms with Crippen LogP contribution in [0.3, 0.4) is 0 Å². The number of para-hydroxylation sites is 1. The first-order chi connectivity index (χ1) is 9.65. The largest absolute Gasteiger partial charge is 0.478 e. The lowest BCUT2D eigenvalue weighted by Crippen LogP contribution is -2.34. The molecule has 0 saturated heterocycles. The van der Waals surface area contributed by atoms with Crippen LogP contribution < -0.4 is 4.90 Å². The summed E-state index contributed by atoms with van der Waals surface area (Å²) in [7, 11) is 0. The third-order valence-electron chi connectivity index (χ3n) is 3.41. The maximum Gasteiger partial charge on any atom is 0.338 e. The van der Waals surface area contributed by atoms with Crippen molar-refractivity contribution in [3.8, 4) is 0 Å². The summed E-state index contributed by atoms with van der Waals surface area (Å²) in [5, 5.41) is 8.87. The van der Waals surface area contributed by atoms with Crippen LogP contribution in [0.5, 0.6) is 0 Å². The SMILES string of the molecule is O=C(O)c1coc(CN2C(=O)CCc3ccccc32)c1. The van der Waals surface area contributed by atoms with Gasteiger partial charge in [-0.1, -0.05) is 18.2 Å². The molecule has 0 bridgehead atoms. The van der Waals surface area contributed by atoms with Crippen molar-refractivity contribution in [2.45, 2.75) is 19.4 Å². The van der Waals surface area contributed by atoms with Gasteiger partial charge in [0.15, 0.2) is 0 Å². The third kappa shape index (κ3) is 2.18. The second-order valence-corrected chi connectivity index (χ2v) is 4.72. The maximum absolute atomic E-state index is 12.1. The maximum atomic E-state index is 12.1. The molecule has 1 aromatic carbocycles. The number of anilines is 1. The molecule has 1 N–H and O–H groups in total. The molecule has 1 aliphatic heterocycles. The summed E-state index contributed by atoms with van der Waals surface area (Å²) in [6.07, 6.45) is 2.39. The van der Waals surface area contributed by atoms with Gasteiger partial charge >= 0.3 is 5.97 Å². The van der Waals surface area contributed by atoms with E-state index in [1.807, 2.05) is 24.3 Å². The van der Waals surface area contributed by atoms with Crippen molar-refractivity contribution in [1.29, 1.82) is 0 Å². The second kappa shape index (κ2) is 4.85. The molecular formula is C15H13NO4. The number of aromatic carboxylic acids is 1. The number of benzene rings is 1. The van der Waals surface area contributed by atoms with Crippen molar-refractivity contribution < 1.29 is 19.1 Å². The number of hydrogen-bond acceptors (Lipinski definition) is 3. The van der Waals surface area contributed by atoms with Gasteiger partial charge in [0, 0.05) is 12.1 Å². The summed E-state index contributed by atoms with van der Waals surface area (Å²) < 4.78 is 5.22. The fourth-order valence-corrected chi connectivity index (χ4v) is 2.40. The standard InChI is InChI=1S/C15H13NO4/c17-14-6-5-10-3-1-2-4-13(10)16(14)8-12-7-11(9-20-12)15(18)19/h1-4,7,9H,5-6,8H2,(H,18,19). The molecule has 0 radical (unpaired) electrons. The summed E-state index contributed by atoms with van der Waals surface area (Å²) in [5.41, 5.74) is 2.09. The normalized spacial score (nSPS) is 14.2. The molecule has 5 heteroatoms. The molecule has 0 spiro atoms. The Bertz CT molecular complexity index is 674. The van der Waals surface area contributed by atoms with Crippen molar-refractivity contribution in [3.63, 3.8) is 0 Å². The lowest BCUT2D eigenvalue weighted by Gasteiger charge is -2.28. The van der Waals surface area contributed by atoms with Crippen LogP contribution in [-0.2, 0) is 17.8 Å². The van der Waals surface area contributed by atoms with E-state index in [1.165, 1.54) is 12.3 Å². The molecule has 1 aromatic heterocycles. The number of carbonyl (C=O) groups excluding carboxylic acids is 1. The predicted molar refractivity (Wildman–Crippen MR) is 71.6 cm³/mol. The van der Waals surface area contributed by atoms with Crippen LogP contribution in [-0.4, -0.2) is 17.0 Å². The Hall–Kier alpha value is -2.56. The fourth-order valence-electron chi connectivity index (χ4n) is 2.40. The molecule has 0 unspecified atom stereocenters. The van der Waals surface area contributed by atoms with E-state index in [0.717, 1.165) is 17.7 Å². The molecule has 0 atom stereocenters. The van der Waals surface area contributed by atoms with E-state index < -0.39 is 5.97 Å². The summed E-state index contributed by atoms with van der Waals surface area (Å²) in [6, 6.07) is 9.18. The number of rotatable bonds is 3. The van der Waals surface area contributed by atoms with Gasteiger partial charge in [0.2, 0.25) is 5.91 Å². The van der Waals surface area contributed by atoms with Gasteiger partial charge in [0.25, 0.3) is 0 Å². The number of amides is 1. The average molecular weight is 271 g/mol. The molecule has 2 aromatic rings. The number of carboxylic acid groups (broad SMARTS) is 1. The quantitative estimate of drug-likeness (QED) is 0.930. The highest BCUT2D eigenvalue weighted by Crippen LogP contribution is 2.29. The van der Waals surface area contributed by atoms with E-state index >= 15 is 0 Å². The number of carbonyl (C=O) groups is 2. The van der Waals surface area contributed by atoms with Crippen molar-refractivity contribution in [2.75, 3.05) is 4.90 Å². The van der Waals surface area contributed by atoms with Gasteiger partial charge in [0.1, 0.15) is 12.0 Å². The van der Waals surface area contributed by atoms with Gasteiger partial charge in [-0.15, -0.1) is 0 Å². The van der Waals surface area contributed by atoms with Crippen molar-refractivity contribution in [2.24, 2.45) is 0 Å². The molecule has 5 nitrogen and oxygen atoms in total. The molecule has 3 rings (SSSR count). The van der Waals surface area contributed by atoms with Crippen LogP contribution >= 0.6 is 0 Å². The van der Waals surface area contributed by atoms with Gasteiger partial charge in [-0.05, 0) is 24.1 Å². The molecule has 2 heterocycles. The van der Waals surface area contributed by atoms with Gasteiger partial charge in [-0.25, -0.2) is 4.79 Å². The highest BCUT2D eigenvalue weighted by atomic mass is 16.4. The first-order valence-corrected chi connectivity index (χ1v) is 6.34. The molecule has 0 aliphatic carbocycles. The number of carboxylic acids is 1. The molecule has 1 aliphatic rings. The smallest absolute Gasteiger partial charge is 0.338 e. The minimum atomic E-state index is -1.04. The van der Waals surface area contributed by atoms with E-state index in [1.54, 1.807) is 4.90 Å². The lowest BCUT2D eigenvalue weighted by atomic mass is 10.0. The Labute approximate surface area is 115 Å². The minimum absolute atomic E-state index is 0.0250. The van der Waals surface area contributed by atoms with Crippen LogP contribution in [0.1, 0.15) is 28.1 Å². The summed E-state index contributed by atoms with van der Waals surface area (Å²) in [4.78, 5) is 24.5. The first kappa shape index (κ1) is 12.5. The van der Waals surface area contributed by atoms with E-state index in [9.17, 15) is 9.59 Å². The fraction of sp³-hybridized carbons (Fsp3) is 0.200. The van der Waals surface area contributed by atoms with Crippen LogP contribution in [0.25, 0.3) is 0 Å². The Kier molecular flexibility index (Phi) is 3.02. The summed E-state index contributed by atoms with van der Waals surface area (Å²) in [5.74, 6) is -0.546. The van der Waals surface area contributed by atoms with E-state index in [4.69, 9.17) is 9.52 Å². The molecule has 0 saturated carbocycles. The molecule has 20 heavy (non-hydrogen) atoms. The number of aryl methyl sites for hydroxylation is 1. The Balaban J connectivity index is 1.89. The monoisotopic (exact) mass is 271 g/mol. The predicted octanol–water partition coefficient (Wildman–Crippen LogP) is 2.46. The highest BCUT2D eigenvalue weighted by Gasteiger charge is 2.25. The Morgan fingerprint density at radius 1 is 1.30 bits per heavy atom. The first-order valence-electron chi connectivity index (χ1n) is 6.34. The average Bonchev–Trinajstić information content (AvgIpc) is 2.91. The zero-order valence-electron chi connectivity index (χ0n) is 10.7. The van der Waals surface area contributed by atoms with E-state index in [2.05, 4.69) is 0 Å². The second-order valence-electron chi connectivity index (χ2n) is 4.72. The van der Waals surface area contributed by atoms with E-state index in [0.29, 0.717) is 12.2 Å². The Morgan fingerprint density at radius 3 is 2.85 bits per heavy atom. The van der Waals surface area contributed by atoms with Crippen LogP contribution in [0, 0.1) is 0 Å². The summed E-state index contributed by atoms with van der Waals surface area (Å²) in [6.45, 7) is 0.253. The third-order valence-corrected chi connectivity index (χ3v) is 3.41. The van der Waals surface area contributed by atoms with Crippen LogP contribution in [0.2, 0.25) is 0 Å². The van der Waals surface area contributed by atoms with Crippen molar-refractivity contribution in [1.82, 2.24) is 0 Å². The molecular weight excluding hydrogens is 258 g/mol. The van der Waals surface area contributed by atoms with Crippen LogP contribution in [0.15, 0.2) is 41.0 Å². The number of furan rings is 1. The topological polar surface area (TPSA) is 70.8 Å². The molecule has 102 valence electrons. The van der Waals surface area contributed by atoms with Crippen molar-refractivity contribution in [3.05, 3.63) is 53.5 Å². The number of hydrogen-bond donors (Lipinski definition) is 1. The van der Waals surface area contributed by atoms with Gasteiger partial charge in [0.05, 0.1) is 12.1 Å². The number of fused-ring (bicyclic) bond motifs is 1. The minimum Gasteiger partial charge on any atom is -0.478 e. The van der Waals surface area contributed by atoms with E-state index in [-0.39, 0.29) is 18.0 Å². The van der Waals surface area contributed by atoms with Gasteiger partial charge in [-0.2, -0.15) is 0 Å². The summed E-state index contributed by atoms with van der Waals surface area (Å²) >= 11 is 0. The highest BCUT2D eigenvalue weighted by molar-refractivity contribution is 5.96. The van der Waals surface area contributed by atoms with Gasteiger partial charge < -0.3 is 14.4 Å². The van der Waals surface area contributed by atoms with Gasteiger partial charge in [-0.3, -0.25) is 4.79 Å².